The minimum absolute atomic E-state index is 0.581. The van der Waals surface area contributed by atoms with E-state index in [1.165, 1.54) is 4.88 Å². The average molecular weight is 233 g/mol. The summed E-state index contributed by atoms with van der Waals surface area (Å²) in [5, 5.41) is 4.59. The Kier molecular flexibility index (Phi) is 3.56. The Bertz CT molecular complexity index is 437. The molecule has 0 aliphatic carbocycles. The van der Waals surface area contributed by atoms with Gasteiger partial charge in [0.25, 0.3) is 0 Å². The number of rotatable bonds is 5. The van der Waals surface area contributed by atoms with Gasteiger partial charge >= 0.3 is 0 Å². The Morgan fingerprint density at radius 2 is 2.06 bits per heavy atom. The Morgan fingerprint density at radius 1 is 1.25 bits per heavy atom. The van der Waals surface area contributed by atoms with Crippen LogP contribution in [0, 0.1) is 0 Å². The van der Waals surface area contributed by atoms with Crippen LogP contribution in [0.1, 0.15) is 4.88 Å². The van der Waals surface area contributed by atoms with E-state index in [1.807, 2.05) is 29.6 Å². The molecule has 0 aliphatic rings. The second-order valence-corrected chi connectivity index (χ2v) is 4.19. The molecule has 0 bridgehead atoms. The molecule has 0 saturated carbocycles. The van der Waals surface area contributed by atoms with Crippen LogP contribution in [-0.2, 0) is 11.4 Å². The molecule has 1 heterocycles. The predicted molar refractivity (Wildman–Crippen MR) is 64.8 cm³/mol. The molecule has 16 heavy (non-hydrogen) atoms. The van der Waals surface area contributed by atoms with Gasteiger partial charge in [0.05, 0.1) is 0 Å². The van der Waals surface area contributed by atoms with Crippen molar-refractivity contribution in [3.8, 4) is 5.75 Å². The molecule has 2 aromatic rings. The zero-order valence-corrected chi connectivity index (χ0v) is 9.37. The van der Waals surface area contributed by atoms with Crippen LogP contribution in [0.3, 0.4) is 0 Å². The molecule has 0 fully saturated rings. The summed E-state index contributed by atoms with van der Waals surface area (Å²) in [4.78, 5) is 11.4. The Hall–Kier alpha value is -1.81. The van der Waals surface area contributed by atoms with E-state index >= 15 is 0 Å². The number of ether oxygens (including phenoxy) is 1. The first kappa shape index (κ1) is 10.7. The molecule has 0 atom stereocenters. The van der Waals surface area contributed by atoms with Crippen LogP contribution in [0.25, 0.3) is 0 Å². The Morgan fingerprint density at radius 3 is 2.69 bits per heavy atom. The molecule has 3 nitrogen and oxygen atoms in total. The van der Waals surface area contributed by atoms with Crippen LogP contribution >= 0.6 is 11.3 Å². The van der Waals surface area contributed by atoms with Crippen LogP contribution < -0.4 is 10.1 Å². The molecular formula is C12H11NO2S. The summed E-state index contributed by atoms with van der Waals surface area (Å²) < 4.78 is 5.58. The molecular weight excluding hydrogens is 222 g/mol. The third-order valence-corrected chi connectivity index (χ3v) is 2.89. The van der Waals surface area contributed by atoms with Crippen molar-refractivity contribution in [1.29, 1.82) is 0 Å². The highest BCUT2D eigenvalue weighted by atomic mass is 32.1. The summed E-state index contributed by atoms with van der Waals surface area (Å²) in [5.41, 5.74) is 0.762. The fourth-order valence-electron chi connectivity index (χ4n) is 1.26. The minimum atomic E-state index is 0.581. The molecule has 82 valence electrons. The monoisotopic (exact) mass is 233 g/mol. The highest BCUT2D eigenvalue weighted by molar-refractivity contribution is 7.09. The molecule has 1 N–H and O–H groups in total. The lowest BCUT2D eigenvalue weighted by Gasteiger charge is -2.05. The molecule has 0 unspecified atom stereocenters. The third kappa shape index (κ3) is 2.84. The largest absolute Gasteiger partial charge is 0.488 e. The van der Waals surface area contributed by atoms with Crippen molar-refractivity contribution >= 4 is 23.4 Å². The topological polar surface area (TPSA) is 38.3 Å². The number of thiophene rings is 1. The molecule has 1 aromatic carbocycles. The van der Waals surface area contributed by atoms with Crippen LogP contribution in [0.4, 0.5) is 5.69 Å². The molecule has 0 radical (unpaired) electrons. The maximum Gasteiger partial charge on any atom is 0.211 e. The first-order valence-corrected chi connectivity index (χ1v) is 5.72. The molecule has 1 amide bonds. The van der Waals surface area contributed by atoms with E-state index in [9.17, 15) is 4.79 Å². The lowest BCUT2D eigenvalue weighted by molar-refractivity contribution is -0.105. The lowest BCUT2D eigenvalue weighted by Crippen LogP contribution is -1.95. The summed E-state index contributed by atoms with van der Waals surface area (Å²) in [5.74, 6) is 0.796. The smallest absolute Gasteiger partial charge is 0.211 e. The van der Waals surface area contributed by atoms with E-state index in [-0.39, 0.29) is 0 Å². The number of anilines is 1. The molecule has 1 aromatic heterocycles. The number of benzene rings is 1. The van der Waals surface area contributed by atoms with Crippen molar-refractivity contribution < 1.29 is 9.53 Å². The molecule has 0 saturated heterocycles. The van der Waals surface area contributed by atoms with Crippen molar-refractivity contribution in [3.63, 3.8) is 0 Å². The Balaban J connectivity index is 1.92. The van der Waals surface area contributed by atoms with Crippen molar-refractivity contribution in [1.82, 2.24) is 0 Å². The van der Waals surface area contributed by atoms with Crippen molar-refractivity contribution in [2.45, 2.75) is 6.61 Å². The van der Waals surface area contributed by atoms with Gasteiger partial charge in [0.1, 0.15) is 12.4 Å². The van der Waals surface area contributed by atoms with E-state index in [1.54, 1.807) is 23.5 Å². The first-order chi connectivity index (χ1) is 7.88. The van der Waals surface area contributed by atoms with E-state index in [2.05, 4.69) is 5.32 Å². The van der Waals surface area contributed by atoms with Gasteiger partial charge in [-0.1, -0.05) is 6.07 Å². The van der Waals surface area contributed by atoms with Gasteiger partial charge < -0.3 is 10.1 Å². The van der Waals surface area contributed by atoms with Crippen LogP contribution in [0.2, 0.25) is 0 Å². The lowest BCUT2D eigenvalue weighted by atomic mass is 10.3. The first-order valence-electron chi connectivity index (χ1n) is 4.84. The van der Waals surface area contributed by atoms with E-state index in [4.69, 9.17) is 4.74 Å². The van der Waals surface area contributed by atoms with Crippen molar-refractivity contribution in [3.05, 3.63) is 46.7 Å². The zero-order valence-electron chi connectivity index (χ0n) is 8.55. The fourth-order valence-corrected chi connectivity index (χ4v) is 1.88. The number of hydrogen-bond donors (Lipinski definition) is 1. The summed E-state index contributed by atoms with van der Waals surface area (Å²) in [6.45, 7) is 0.581. The SMILES string of the molecule is O=CNc1ccc(OCc2cccs2)cc1. The van der Waals surface area contributed by atoms with Gasteiger partial charge in [0.2, 0.25) is 6.41 Å². The Labute approximate surface area is 97.7 Å². The normalized spacial score (nSPS) is 9.75. The quantitative estimate of drug-likeness (QED) is 0.806. The number of carbonyl (C=O) groups is 1. The maximum atomic E-state index is 10.2. The summed E-state index contributed by atoms with van der Waals surface area (Å²) in [7, 11) is 0. The van der Waals surface area contributed by atoms with Crippen LogP contribution in [0.15, 0.2) is 41.8 Å². The van der Waals surface area contributed by atoms with Gasteiger partial charge in [-0.3, -0.25) is 4.79 Å². The number of nitrogens with one attached hydrogen (secondary N) is 1. The van der Waals surface area contributed by atoms with E-state index in [0.717, 1.165) is 11.4 Å². The fraction of sp³-hybridized carbons (Fsp3) is 0.0833. The third-order valence-electron chi connectivity index (χ3n) is 2.04. The average Bonchev–Trinajstić information content (AvgIpc) is 2.82. The van der Waals surface area contributed by atoms with Crippen LogP contribution in [0.5, 0.6) is 5.75 Å². The molecule has 0 spiro atoms. The summed E-state index contributed by atoms with van der Waals surface area (Å²) >= 11 is 1.67. The summed E-state index contributed by atoms with van der Waals surface area (Å²) in [6.07, 6.45) is 0.654. The zero-order chi connectivity index (χ0) is 11.2. The molecule has 4 heteroatoms. The van der Waals surface area contributed by atoms with Gasteiger partial charge in [0, 0.05) is 10.6 Å². The second kappa shape index (κ2) is 5.32. The van der Waals surface area contributed by atoms with Gasteiger partial charge in [0.15, 0.2) is 0 Å². The van der Waals surface area contributed by atoms with E-state index in [0.29, 0.717) is 13.0 Å². The maximum absolute atomic E-state index is 10.2. The molecule has 2 rings (SSSR count). The van der Waals surface area contributed by atoms with Crippen molar-refractivity contribution in [2.75, 3.05) is 5.32 Å². The van der Waals surface area contributed by atoms with Gasteiger partial charge in [-0.05, 0) is 35.7 Å². The number of carbonyl (C=O) groups excluding carboxylic acids is 1. The number of hydrogen-bond acceptors (Lipinski definition) is 3. The van der Waals surface area contributed by atoms with E-state index < -0.39 is 0 Å². The second-order valence-electron chi connectivity index (χ2n) is 3.15. The molecule has 0 aliphatic heterocycles. The minimum Gasteiger partial charge on any atom is -0.488 e. The van der Waals surface area contributed by atoms with Crippen molar-refractivity contribution in [2.24, 2.45) is 0 Å². The predicted octanol–water partition coefficient (Wildman–Crippen LogP) is 2.90. The van der Waals surface area contributed by atoms with Gasteiger partial charge in [-0.2, -0.15) is 0 Å². The summed E-state index contributed by atoms with van der Waals surface area (Å²) in [6, 6.07) is 11.3. The highest BCUT2D eigenvalue weighted by Gasteiger charge is 1.97. The number of amides is 1. The van der Waals surface area contributed by atoms with Crippen LogP contribution in [-0.4, -0.2) is 6.41 Å². The highest BCUT2D eigenvalue weighted by Crippen LogP contribution is 2.17. The standard InChI is InChI=1S/C12H11NO2S/c14-9-13-10-3-5-11(6-4-10)15-8-12-2-1-7-16-12/h1-7,9H,8H2,(H,13,14). The van der Waals surface area contributed by atoms with Gasteiger partial charge in [-0.15, -0.1) is 11.3 Å². The van der Waals surface area contributed by atoms with Gasteiger partial charge in [-0.25, -0.2) is 0 Å².